The first kappa shape index (κ1) is 15.3. The highest BCUT2D eigenvalue weighted by Crippen LogP contribution is 2.02. The lowest BCUT2D eigenvalue weighted by Gasteiger charge is -2.10. The molecule has 12 heavy (non-hydrogen) atoms. The van der Waals surface area contributed by atoms with Crippen molar-refractivity contribution < 1.29 is 8.98 Å². The Morgan fingerprint density at radius 1 is 1.75 bits per heavy atom. The van der Waals surface area contributed by atoms with Gasteiger partial charge in [-0.05, 0) is 25.5 Å². The van der Waals surface area contributed by atoms with Crippen LogP contribution in [0.2, 0.25) is 0 Å². The molecule has 0 aliphatic rings. The van der Waals surface area contributed by atoms with Crippen LogP contribution in [0.3, 0.4) is 0 Å². The highest BCUT2D eigenvalue weighted by molar-refractivity contribution is 14.0. The van der Waals surface area contributed by atoms with Gasteiger partial charge in [-0.15, -0.1) is 24.0 Å². The molecule has 0 fully saturated rings. The maximum absolute atomic E-state index is 10.9. The van der Waals surface area contributed by atoms with E-state index in [0.29, 0.717) is 0 Å². The topological polar surface area (TPSA) is 38.3 Å². The van der Waals surface area contributed by atoms with Crippen molar-refractivity contribution in [1.29, 1.82) is 0 Å². The minimum Gasteiger partial charge on any atom is -0.393 e. The molecule has 0 saturated carbocycles. The van der Waals surface area contributed by atoms with Crippen molar-refractivity contribution in [1.82, 2.24) is 5.32 Å². The van der Waals surface area contributed by atoms with E-state index in [1.807, 2.05) is 6.26 Å². The average Bonchev–Trinajstić information content (AvgIpc) is 2.05. The number of hydrogen-bond donors (Lipinski definition) is 2. The molecule has 0 spiro atoms. The van der Waals surface area contributed by atoms with Crippen LogP contribution in [0.15, 0.2) is 0 Å². The van der Waals surface area contributed by atoms with E-state index < -0.39 is 0 Å². The summed E-state index contributed by atoms with van der Waals surface area (Å²) in [4.78, 5) is 10.9. The molecule has 74 valence electrons. The van der Waals surface area contributed by atoms with Crippen molar-refractivity contribution in [3.05, 3.63) is 0 Å². The molecule has 0 heterocycles. The second kappa shape index (κ2) is 9.94. The fourth-order valence-electron chi connectivity index (χ4n) is 0.679. The van der Waals surface area contributed by atoms with Crippen LogP contribution in [0.5, 0.6) is 0 Å². The lowest BCUT2D eigenvalue weighted by molar-refractivity contribution is -0.135. The van der Waals surface area contributed by atoms with Gasteiger partial charge in [0.15, 0.2) is 0 Å². The molecule has 0 amide bonds. The standard InChI is InChI=1S/C6H13NO2S2.HI/c1-7-5(3-4-11-2)6(8)9-10;/h5,7,10H,3-4H2,1-2H3;1H/t5-;/m0./s1. The number of rotatable bonds is 5. The van der Waals surface area contributed by atoms with E-state index in [2.05, 4.69) is 22.4 Å². The third kappa shape index (κ3) is 6.38. The van der Waals surface area contributed by atoms with Crippen LogP contribution in [0.4, 0.5) is 0 Å². The number of carbonyl (C=O) groups is 1. The summed E-state index contributed by atoms with van der Waals surface area (Å²) in [7, 11) is 1.73. The summed E-state index contributed by atoms with van der Waals surface area (Å²) in [6.07, 6.45) is 2.77. The molecule has 3 nitrogen and oxygen atoms in total. The van der Waals surface area contributed by atoms with Crippen molar-refractivity contribution in [2.24, 2.45) is 0 Å². The van der Waals surface area contributed by atoms with Gasteiger partial charge in [-0.3, -0.25) is 0 Å². The molecule has 0 saturated heterocycles. The van der Waals surface area contributed by atoms with Crippen LogP contribution in [0.25, 0.3) is 0 Å². The van der Waals surface area contributed by atoms with Crippen molar-refractivity contribution >= 4 is 54.6 Å². The van der Waals surface area contributed by atoms with Gasteiger partial charge in [0.05, 0.1) is 0 Å². The highest BCUT2D eigenvalue weighted by Gasteiger charge is 2.15. The van der Waals surface area contributed by atoms with Gasteiger partial charge in [-0.2, -0.15) is 11.8 Å². The minimum absolute atomic E-state index is 0. The van der Waals surface area contributed by atoms with Gasteiger partial charge < -0.3 is 9.50 Å². The Kier molecular flexibility index (Phi) is 12.7. The second-order valence-electron chi connectivity index (χ2n) is 2.03. The van der Waals surface area contributed by atoms with E-state index >= 15 is 0 Å². The lowest BCUT2D eigenvalue weighted by atomic mass is 10.2. The van der Waals surface area contributed by atoms with Crippen LogP contribution in [-0.2, 0) is 8.98 Å². The van der Waals surface area contributed by atoms with Gasteiger partial charge in [0.1, 0.15) is 6.04 Å². The molecule has 6 heteroatoms. The maximum atomic E-state index is 10.9. The Morgan fingerprint density at radius 3 is 2.67 bits per heavy atom. The number of nitrogens with one attached hydrogen (secondary N) is 1. The van der Waals surface area contributed by atoms with Crippen LogP contribution in [0.1, 0.15) is 6.42 Å². The van der Waals surface area contributed by atoms with Crippen molar-refractivity contribution in [2.45, 2.75) is 12.5 Å². The molecule has 0 rings (SSSR count). The van der Waals surface area contributed by atoms with Crippen LogP contribution in [-0.4, -0.2) is 31.1 Å². The summed E-state index contributed by atoms with van der Waals surface area (Å²) in [6, 6.07) is -0.222. The van der Waals surface area contributed by atoms with Gasteiger partial charge in [0.25, 0.3) is 0 Å². The van der Waals surface area contributed by atoms with Gasteiger partial charge in [-0.25, -0.2) is 4.79 Å². The molecule has 0 aromatic carbocycles. The zero-order valence-corrected chi connectivity index (χ0v) is 11.1. The Balaban J connectivity index is 0. The van der Waals surface area contributed by atoms with Gasteiger partial charge in [0.2, 0.25) is 0 Å². The van der Waals surface area contributed by atoms with Crippen molar-refractivity contribution in [3.63, 3.8) is 0 Å². The number of thioether (sulfide) groups is 1. The zero-order chi connectivity index (χ0) is 8.69. The molecule has 0 unspecified atom stereocenters. The average molecular weight is 323 g/mol. The summed E-state index contributed by atoms with van der Waals surface area (Å²) in [5.41, 5.74) is 0. The van der Waals surface area contributed by atoms with E-state index in [9.17, 15) is 4.79 Å². The predicted octanol–water partition coefficient (Wildman–Crippen LogP) is 1.33. The summed E-state index contributed by atoms with van der Waals surface area (Å²) >= 11 is 5.14. The van der Waals surface area contributed by atoms with Crippen LogP contribution in [0, 0.1) is 0 Å². The van der Waals surface area contributed by atoms with Gasteiger partial charge in [0, 0.05) is 12.9 Å². The third-order valence-corrected chi connectivity index (χ3v) is 2.16. The predicted molar refractivity (Wildman–Crippen MR) is 66.3 cm³/mol. The first-order chi connectivity index (χ1) is 5.26. The Labute approximate surface area is 100 Å². The number of thiol groups is 1. The van der Waals surface area contributed by atoms with Crippen LogP contribution < -0.4 is 5.32 Å². The maximum Gasteiger partial charge on any atom is 0.334 e. The molecule has 0 aromatic heterocycles. The molecule has 0 bridgehead atoms. The highest BCUT2D eigenvalue weighted by atomic mass is 127. The summed E-state index contributed by atoms with van der Waals surface area (Å²) < 4.78 is 4.28. The largest absolute Gasteiger partial charge is 0.393 e. The molecule has 0 radical (unpaired) electrons. The lowest BCUT2D eigenvalue weighted by Crippen LogP contribution is -2.34. The first-order valence-electron chi connectivity index (χ1n) is 3.27. The molecular weight excluding hydrogens is 309 g/mol. The Hall–Kier alpha value is 0.860. The molecule has 0 aromatic rings. The Morgan fingerprint density at radius 2 is 2.33 bits per heavy atom. The third-order valence-electron chi connectivity index (χ3n) is 1.33. The SMILES string of the molecule is CN[C@@H](CCSC)C(=O)OS.I. The van der Waals surface area contributed by atoms with Crippen molar-refractivity contribution in [2.75, 3.05) is 19.1 Å². The van der Waals surface area contributed by atoms with E-state index in [1.54, 1.807) is 18.8 Å². The van der Waals surface area contributed by atoms with Crippen LogP contribution >= 0.6 is 48.6 Å². The van der Waals surface area contributed by atoms with Gasteiger partial charge in [-0.1, -0.05) is 0 Å². The molecule has 1 atom stereocenters. The molecular formula is C6H14INO2S2. The zero-order valence-electron chi connectivity index (χ0n) is 7.07. The van der Waals surface area contributed by atoms with E-state index in [1.165, 1.54) is 0 Å². The number of likely N-dealkylation sites (N-methyl/N-ethyl adjacent to an activating group) is 1. The molecule has 1 N–H and O–H groups in total. The number of carbonyl (C=O) groups excluding carboxylic acids is 1. The smallest absolute Gasteiger partial charge is 0.334 e. The normalized spacial score (nSPS) is 11.6. The fraction of sp³-hybridized carbons (Fsp3) is 0.833. The summed E-state index contributed by atoms with van der Waals surface area (Å²) in [5, 5.41) is 2.85. The monoisotopic (exact) mass is 323 g/mol. The fourth-order valence-corrected chi connectivity index (χ4v) is 1.28. The van der Waals surface area contributed by atoms with E-state index in [0.717, 1.165) is 12.2 Å². The quantitative estimate of drug-likeness (QED) is 0.455. The van der Waals surface area contributed by atoms with Crippen molar-refractivity contribution in [3.8, 4) is 0 Å². The Bertz CT molecular complexity index is 126. The molecule has 0 aliphatic heterocycles. The van der Waals surface area contributed by atoms with E-state index in [-0.39, 0.29) is 36.0 Å². The minimum atomic E-state index is -0.315. The summed E-state index contributed by atoms with van der Waals surface area (Å²) in [6.45, 7) is 0. The molecule has 0 aliphatic carbocycles. The second-order valence-corrected chi connectivity index (χ2v) is 3.20. The first-order valence-corrected chi connectivity index (χ1v) is 5.03. The van der Waals surface area contributed by atoms with Gasteiger partial charge >= 0.3 is 5.97 Å². The summed E-state index contributed by atoms with van der Waals surface area (Å²) in [5.74, 6) is 0.624. The number of halogens is 1. The van der Waals surface area contributed by atoms with E-state index in [4.69, 9.17) is 0 Å². The number of hydrogen-bond acceptors (Lipinski definition) is 5.